The van der Waals surface area contributed by atoms with Crippen LogP contribution in [0.4, 0.5) is 0 Å². The first-order chi connectivity index (χ1) is 6.49. The zero-order valence-electron chi connectivity index (χ0n) is 8.45. The first-order valence-corrected chi connectivity index (χ1v) is 4.53. The lowest BCUT2D eigenvalue weighted by Gasteiger charge is -2.30. The number of ether oxygens (including phenoxy) is 1. The van der Waals surface area contributed by atoms with E-state index in [2.05, 4.69) is 9.99 Å². The zero-order chi connectivity index (χ0) is 10.6. The fraction of sp³-hybridized carbons (Fsp3) is 0.778. The Morgan fingerprint density at radius 3 is 3.00 bits per heavy atom. The van der Waals surface area contributed by atoms with Crippen LogP contribution >= 0.6 is 0 Å². The molecular weight excluding hydrogens is 186 g/mol. The number of hydrogen-bond donors (Lipinski definition) is 1. The predicted molar refractivity (Wildman–Crippen MR) is 50.3 cm³/mol. The summed E-state index contributed by atoms with van der Waals surface area (Å²) in [6, 6.07) is 0. The van der Waals surface area contributed by atoms with Crippen molar-refractivity contribution in [3.63, 3.8) is 0 Å². The monoisotopic (exact) mass is 201 g/mol. The highest BCUT2D eigenvalue weighted by molar-refractivity contribution is 5.85. The lowest BCUT2D eigenvalue weighted by molar-refractivity contribution is -0.142. The van der Waals surface area contributed by atoms with Crippen LogP contribution < -0.4 is 0 Å². The van der Waals surface area contributed by atoms with E-state index in [0.29, 0.717) is 19.4 Å². The molecule has 0 amide bonds. The minimum Gasteiger partial charge on any atom is -0.479 e. The fourth-order valence-electron chi connectivity index (χ4n) is 1.33. The molecule has 1 heterocycles. The van der Waals surface area contributed by atoms with Gasteiger partial charge in [-0.15, -0.1) is 0 Å². The average Bonchev–Trinajstić information content (AvgIpc) is 2.01. The first-order valence-electron chi connectivity index (χ1n) is 4.53. The van der Waals surface area contributed by atoms with Gasteiger partial charge < -0.3 is 14.7 Å². The summed E-state index contributed by atoms with van der Waals surface area (Å²) in [7, 11) is 0. The average molecular weight is 201 g/mol. The normalized spacial score (nSPS) is 23.4. The van der Waals surface area contributed by atoms with Crippen LogP contribution in [0, 0.1) is 0 Å². The molecule has 0 bridgehead atoms. The van der Waals surface area contributed by atoms with E-state index in [9.17, 15) is 4.79 Å². The molecule has 0 atom stereocenters. The van der Waals surface area contributed by atoms with Crippen molar-refractivity contribution >= 4 is 11.7 Å². The number of oxime groups is 1. The second kappa shape index (κ2) is 4.41. The molecule has 1 aliphatic rings. The highest BCUT2D eigenvalue weighted by Crippen LogP contribution is 2.21. The summed E-state index contributed by atoms with van der Waals surface area (Å²) in [5, 5.41) is 12.1. The molecule has 0 unspecified atom stereocenters. The van der Waals surface area contributed by atoms with E-state index in [-0.39, 0.29) is 12.2 Å². The fourth-order valence-corrected chi connectivity index (χ4v) is 1.33. The van der Waals surface area contributed by atoms with E-state index in [1.165, 1.54) is 0 Å². The topological polar surface area (TPSA) is 68.1 Å². The molecule has 1 aliphatic heterocycles. The SMILES string of the molecule is CC1(C)CC(=NOCC(=O)O)CCO1. The Labute approximate surface area is 82.7 Å². The molecule has 5 nitrogen and oxygen atoms in total. The minimum absolute atomic E-state index is 0.219. The van der Waals surface area contributed by atoms with Crippen LogP contribution in [0.25, 0.3) is 0 Å². The quantitative estimate of drug-likeness (QED) is 0.692. The van der Waals surface area contributed by atoms with Gasteiger partial charge in [-0.3, -0.25) is 0 Å². The molecule has 1 saturated heterocycles. The molecule has 1 fully saturated rings. The van der Waals surface area contributed by atoms with Gasteiger partial charge in [0.15, 0.2) is 0 Å². The van der Waals surface area contributed by atoms with Crippen molar-refractivity contribution in [2.24, 2.45) is 5.16 Å². The molecule has 5 heteroatoms. The van der Waals surface area contributed by atoms with E-state index in [4.69, 9.17) is 9.84 Å². The Bertz CT molecular complexity index is 247. The van der Waals surface area contributed by atoms with Crippen molar-refractivity contribution in [3.05, 3.63) is 0 Å². The maximum Gasteiger partial charge on any atom is 0.344 e. The van der Waals surface area contributed by atoms with Gasteiger partial charge in [0.25, 0.3) is 0 Å². The van der Waals surface area contributed by atoms with Crippen molar-refractivity contribution < 1.29 is 19.5 Å². The molecule has 1 rings (SSSR count). The summed E-state index contributed by atoms with van der Waals surface area (Å²) in [6.07, 6.45) is 1.40. The van der Waals surface area contributed by atoms with Gasteiger partial charge in [0.2, 0.25) is 6.61 Å². The molecule has 0 aromatic rings. The Morgan fingerprint density at radius 2 is 2.43 bits per heavy atom. The Morgan fingerprint density at radius 1 is 1.71 bits per heavy atom. The number of nitrogens with zero attached hydrogens (tertiary/aromatic N) is 1. The van der Waals surface area contributed by atoms with Gasteiger partial charge in [-0.05, 0) is 13.8 Å². The Kier molecular flexibility index (Phi) is 3.46. The van der Waals surface area contributed by atoms with Crippen LogP contribution in [0.15, 0.2) is 5.16 Å². The second-order valence-corrected chi connectivity index (χ2v) is 3.86. The standard InChI is InChI=1S/C9H15NO4/c1-9(2)5-7(3-4-13-9)10-14-6-8(11)12/h3-6H2,1-2H3,(H,11,12). The van der Waals surface area contributed by atoms with Crippen molar-refractivity contribution in [3.8, 4) is 0 Å². The third-order valence-electron chi connectivity index (χ3n) is 1.89. The highest BCUT2D eigenvalue weighted by Gasteiger charge is 2.26. The molecular formula is C9H15NO4. The summed E-state index contributed by atoms with van der Waals surface area (Å²) in [4.78, 5) is 14.8. The van der Waals surface area contributed by atoms with Crippen LogP contribution in [0.5, 0.6) is 0 Å². The van der Waals surface area contributed by atoms with Crippen LogP contribution in [0.2, 0.25) is 0 Å². The third-order valence-corrected chi connectivity index (χ3v) is 1.89. The Balaban J connectivity index is 2.40. The second-order valence-electron chi connectivity index (χ2n) is 3.86. The van der Waals surface area contributed by atoms with Crippen molar-refractivity contribution in [1.29, 1.82) is 0 Å². The molecule has 0 aromatic carbocycles. The number of carboxylic acids is 1. The number of carboxylic acid groups (broad SMARTS) is 1. The number of carbonyl (C=O) groups is 1. The molecule has 1 N–H and O–H groups in total. The Hall–Kier alpha value is -1.10. The number of aliphatic carboxylic acids is 1. The predicted octanol–water partition coefficient (Wildman–Crippen LogP) is 1.03. The van der Waals surface area contributed by atoms with Crippen LogP contribution in [0.3, 0.4) is 0 Å². The number of hydrogen-bond acceptors (Lipinski definition) is 4. The molecule has 80 valence electrons. The van der Waals surface area contributed by atoms with Gasteiger partial charge in [0, 0.05) is 12.8 Å². The largest absolute Gasteiger partial charge is 0.479 e. The summed E-state index contributed by atoms with van der Waals surface area (Å²) < 4.78 is 5.47. The summed E-state index contributed by atoms with van der Waals surface area (Å²) in [5.41, 5.74) is 0.645. The molecule has 0 aromatic heterocycles. The molecule has 0 saturated carbocycles. The lowest BCUT2D eigenvalue weighted by atomic mass is 9.97. The lowest BCUT2D eigenvalue weighted by Crippen LogP contribution is -2.34. The van der Waals surface area contributed by atoms with E-state index in [1.807, 2.05) is 13.8 Å². The van der Waals surface area contributed by atoms with Crippen LogP contribution in [-0.4, -0.2) is 35.6 Å². The van der Waals surface area contributed by atoms with Crippen molar-refractivity contribution in [1.82, 2.24) is 0 Å². The van der Waals surface area contributed by atoms with E-state index < -0.39 is 5.97 Å². The minimum atomic E-state index is -1.01. The number of rotatable bonds is 3. The zero-order valence-corrected chi connectivity index (χ0v) is 8.45. The summed E-state index contributed by atoms with van der Waals surface area (Å²) in [5.74, 6) is -1.01. The third kappa shape index (κ3) is 3.74. The van der Waals surface area contributed by atoms with Crippen molar-refractivity contribution in [2.75, 3.05) is 13.2 Å². The summed E-state index contributed by atoms with van der Waals surface area (Å²) >= 11 is 0. The van der Waals surface area contributed by atoms with Crippen molar-refractivity contribution in [2.45, 2.75) is 32.3 Å². The first kappa shape index (κ1) is 11.0. The van der Waals surface area contributed by atoms with Crippen LogP contribution in [-0.2, 0) is 14.4 Å². The van der Waals surface area contributed by atoms with E-state index in [1.54, 1.807) is 0 Å². The van der Waals surface area contributed by atoms with Gasteiger partial charge >= 0.3 is 5.97 Å². The maximum absolute atomic E-state index is 10.1. The highest BCUT2D eigenvalue weighted by atomic mass is 16.6. The van der Waals surface area contributed by atoms with E-state index >= 15 is 0 Å². The molecule has 0 radical (unpaired) electrons. The van der Waals surface area contributed by atoms with Gasteiger partial charge in [0.05, 0.1) is 17.9 Å². The smallest absolute Gasteiger partial charge is 0.344 e. The summed E-state index contributed by atoms with van der Waals surface area (Å²) in [6.45, 7) is 4.17. The van der Waals surface area contributed by atoms with Gasteiger partial charge in [-0.25, -0.2) is 4.79 Å². The molecule has 0 spiro atoms. The van der Waals surface area contributed by atoms with Gasteiger partial charge in [-0.1, -0.05) is 5.16 Å². The van der Waals surface area contributed by atoms with E-state index in [0.717, 1.165) is 5.71 Å². The van der Waals surface area contributed by atoms with Crippen LogP contribution in [0.1, 0.15) is 26.7 Å². The molecule has 14 heavy (non-hydrogen) atoms. The van der Waals surface area contributed by atoms with Gasteiger partial charge in [0.1, 0.15) is 0 Å². The maximum atomic E-state index is 10.1. The van der Waals surface area contributed by atoms with Gasteiger partial charge in [-0.2, -0.15) is 0 Å². The molecule has 0 aliphatic carbocycles.